The van der Waals surface area contributed by atoms with Crippen LogP contribution in [0.3, 0.4) is 0 Å². The number of rotatable bonds is 11. The van der Waals surface area contributed by atoms with Crippen molar-refractivity contribution in [1.29, 1.82) is 0 Å². The largest absolute Gasteiger partial charge is 0.312 e. The molecule has 0 aromatic rings. The summed E-state index contributed by atoms with van der Waals surface area (Å²) in [6.07, 6.45) is 8.10. The quantitative estimate of drug-likeness (QED) is 0.605. The van der Waals surface area contributed by atoms with Crippen LogP contribution in [0.5, 0.6) is 0 Å². The van der Waals surface area contributed by atoms with E-state index in [1.54, 1.807) is 0 Å². The second kappa shape index (κ2) is 8.92. The summed E-state index contributed by atoms with van der Waals surface area (Å²) in [6, 6.07) is 1.56. The van der Waals surface area contributed by atoms with Crippen molar-refractivity contribution in [3.05, 3.63) is 0 Å². The zero-order valence-corrected chi connectivity index (χ0v) is 13.0. The second-order valence-corrected chi connectivity index (χ2v) is 6.24. The Morgan fingerprint density at radius 1 is 1.06 bits per heavy atom. The lowest BCUT2D eigenvalue weighted by Crippen LogP contribution is -2.47. The zero-order chi connectivity index (χ0) is 13.4. The van der Waals surface area contributed by atoms with Crippen molar-refractivity contribution < 1.29 is 0 Å². The normalized spacial score (nSPS) is 17.7. The molecule has 0 amide bonds. The molecule has 108 valence electrons. The van der Waals surface area contributed by atoms with Crippen LogP contribution in [0, 0.1) is 5.92 Å². The molecule has 0 aromatic carbocycles. The molecule has 0 bridgehead atoms. The third-order valence-corrected chi connectivity index (χ3v) is 4.03. The average Bonchev–Trinajstić information content (AvgIpc) is 3.15. The van der Waals surface area contributed by atoms with Gasteiger partial charge in [0.1, 0.15) is 0 Å². The van der Waals surface area contributed by atoms with Crippen molar-refractivity contribution in [2.45, 2.75) is 78.3 Å². The number of unbranched alkanes of at least 4 members (excludes halogenated alkanes) is 2. The fourth-order valence-electron chi connectivity index (χ4n) is 2.53. The molecule has 1 aliphatic rings. The third-order valence-electron chi connectivity index (χ3n) is 4.03. The summed E-state index contributed by atoms with van der Waals surface area (Å²) < 4.78 is 0. The minimum atomic E-state index is 0.726. The Morgan fingerprint density at radius 2 is 1.61 bits per heavy atom. The van der Waals surface area contributed by atoms with E-state index in [-0.39, 0.29) is 0 Å². The van der Waals surface area contributed by atoms with E-state index in [9.17, 15) is 0 Å². The smallest absolute Gasteiger partial charge is 0.0243 e. The molecular weight excluding hydrogens is 220 g/mol. The summed E-state index contributed by atoms with van der Waals surface area (Å²) in [5.74, 6) is 0.755. The summed E-state index contributed by atoms with van der Waals surface area (Å²) in [7, 11) is 0. The van der Waals surface area contributed by atoms with E-state index in [0.29, 0.717) is 0 Å². The second-order valence-electron chi connectivity index (χ2n) is 6.24. The Balaban J connectivity index is 2.43. The van der Waals surface area contributed by atoms with Gasteiger partial charge in [0, 0.05) is 18.6 Å². The van der Waals surface area contributed by atoms with Crippen molar-refractivity contribution in [1.82, 2.24) is 10.2 Å². The molecule has 1 aliphatic carbocycles. The molecule has 1 N–H and O–H groups in total. The van der Waals surface area contributed by atoms with Gasteiger partial charge < -0.3 is 5.32 Å². The van der Waals surface area contributed by atoms with Gasteiger partial charge in [-0.1, -0.05) is 40.5 Å². The van der Waals surface area contributed by atoms with Gasteiger partial charge in [-0.05, 0) is 44.7 Å². The summed E-state index contributed by atoms with van der Waals surface area (Å²) >= 11 is 0. The summed E-state index contributed by atoms with van der Waals surface area (Å²) in [4.78, 5) is 2.74. The number of hydrogen-bond acceptors (Lipinski definition) is 2. The van der Waals surface area contributed by atoms with Gasteiger partial charge in [-0.2, -0.15) is 0 Å². The van der Waals surface area contributed by atoms with Crippen LogP contribution in [0.2, 0.25) is 0 Å². The predicted octanol–water partition coefficient (Wildman–Crippen LogP) is 3.67. The Bertz CT molecular complexity index is 191. The molecule has 0 aliphatic heterocycles. The molecule has 1 rings (SSSR count). The summed E-state index contributed by atoms with van der Waals surface area (Å²) in [5.41, 5.74) is 0. The predicted molar refractivity (Wildman–Crippen MR) is 81.0 cm³/mol. The van der Waals surface area contributed by atoms with Crippen molar-refractivity contribution in [2.75, 3.05) is 19.6 Å². The Labute approximate surface area is 115 Å². The maximum Gasteiger partial charge on any atom is 0.0243 e. The number of nitrogens with one attached hydrogen (secondary N) is 1. The van der Waals surface area contributed by atoms with Crippen LogP contribution >= 0.6 is 0 Å². The zero-order valence-electron chi connectivity index (χ0n) is 13.0. The molecule has 1 saturated carbocycles. The summed E-state index contributed by atoms with van der Waals surface area (Å²) in [5, 5.41) is 3.73. The first-order valence-electron chi connectivity index (χ1n) is 8.16. The molecule has 2 nitrogen and oxygen atoms in total. The van der Waals surface area contributed by atoms with Crippen molar-refractivity contribution in [3.8, 4) is 0 Å². The molecule has 18 heavy (non-hydrogen) atoms. The van der Waals surface area contributed by atoms with Crippen LogP contribution in [-0.4, -0.2) is 36.6 Å². The molecule has 0 saturated heterocycles. The van der Waals surface area contributed by atoms with Gasteiger partial charge in [-0.15, -0.1) is 0 Å². The first-order chi connectivity index (χ1) is 8.69. The van der Waals surface area contributed by atoms with Gasteiger partial charge in [0.15, 0.2) is 0 Å². The van der Waals surface area contributed by atoms with Crippen LogP contribution in [0.15, 0.2) is 0 Å². The Morgan fingerprint density at radius 3 is 2.00 bits per heavy atom. The number of nitrogens with zero attached hydrogens (tertiary/aromatic N) is 1. The van der Waals surface area contributed by atoms with Crippen molar-refractivity contribution in [3.63, 3.8) is 0 Å². The van der Waals surface area contributed by atoms with Crippen molar-refractivity contribution >= 4 is 0 Å². The lowest BCUT2D eigenvalue weighted by atomic mass is 10.0. The van der Waals surface area contributed by atoms with E-state index in [2.05, 4.69) is 37.9 Å². The molecule has 0 spiro atoms. The maximum atomic E-state index is 3.73. The van der Waals surface area contributed by atoms with E-state index >= 15 is 0 Å². The lowest BCUT2D eigenvalue weighted by molar-refractivity contribution is 0.146. The number of hydrogen-bond donors (Lipinski definition) is 1. The Hall–Kier alpha value is -0.0800. The maximum absolute atomic E-state index is 3.73. The van der Waals surface area contributed by atoms with Crippen LogP contribution in [0.4, 0.5) is 0 Å². The first-order valence-corrected chi connectivity index (χ1v) is 8.16. The van der Waals surface area contributed by atoms with Gasteiger partial charge in [0.05, 0.1) is 0 Å². The molecule has 0 aromatic heterocycles. The standard InChI is InChI=1S/C16H34N2/c1-5-7-11-18(12-8-6-2)16(14(3)4)13-17-15-9-10-15/h14-17H,5-13H2,1-4H3. The van der Waals surface area contributed by atoms with Crippen LogP contribution in [0.1, 0.15) is 66.2 Å². The topological polar surface area (TPSA) is 15.3 Å². The highest BCUT2D eigenvalue weighted by Gasteiger charge is 2.25. The van der Waals surface area contributed by atoms with Crippen LogP contribution in [0.25, 0.3) is 0 Å². The van der Waals surface area contributed by atoms with E-state index in [0.717, 1.165) is 18.0 Å². The van der Waals surface area contributed by atoms with Gasteiger partial charge in [-0.25, -0.2) is 0 Å². The third kappa shape index (κ3) is 6.19. The van der Waals surface area contributed by atoms with Gasteiger partial charge in [-0.3, -0.25) is 4.90 Å². The Kier molecular flexibility index (Phi) is 7.92. The molecule has 0 heterocycles. The summed E-state index contributed by atoms with van der Waals surface area (Å²) in [6.45, 7) is 13.1. The minimum Gasteiger partial charge on any atom is -0.312 e. The van der Waals surface area contributed by atoms with Crippen LogP contribution in [-0.2, 0) is 0 Å². The molecule has 1 unspecified atom stereocenters. The molecule has 1 atom stereocenters. The van der Waals surface area contributed by atoms with Gasteiger partial charge >= 0.3 is 0 Å². The highest BCUT2D eigenvalue weighted by atomic mass is 15.2. The van der Waals surface area contributed by atoms with Gasteiger partial charge in [0.2, 0.25) is 0 Å². The highest BCUT2D eigenvalue weighted by Crippen LogP contribution is 2.20. The fourth-order valence-corrected chi connectivity index (χ4v) is 2.53. The van der Waals surface area contributed by atoms with E-state index in [1.165, 1.54) is 58.2 Å². The van der Waals surface area contributed by atoms with E-state index in [4.69, 9.17) is 0 Å². The monoisotopic (exact) mass is 254 g/mol. The first kappa shape index (κ1) is 16.0. The van der Waals surface area contributed by atoms with E-state index < -0.39 is 0 Å². The molecule has 1 fully saturated rings. The lowest BCUT2D eigenvalue weighted by Gasteiger charge is -2.35. The molecular formula is C16H34N2. The molecule has 2 heteroatoms. The molecule has 0 radical (unpaired) electrons. The van der Waals surface area contributed by atoms with E-state index in [1.807, 2.05) is 0 Å². The highest BCUT2D eigenvalue weighted by molar-refractivity contribution is 4.85. The van der Waals surface area contributed by atoms with Crippen molar-refractivity contribution in [2.24, 2.45) is 5.92 Å². The minimum absolute atomic E-state index is 0.726. The van der Waals surface area contributed by atoms with Crippen LogP contribution < -0.4 is 5.32 Å². The van der Waals surface area contributed by atoms with Gasteiger partial charge in [0.25, 0.3) is 0 Å². The average molecular weight is 254 g/mol. The SMILES string of the molecule is CCCCN(CCCC)C(CNC1CC1)C(C)C. The fraction of sp³-hybridized carbons (Fsp3) is 1.00.